The van der Waals surface area contributed by atoms with E-state index in [2.05, 4.69) is 11.1 Å². The van der Waals surface area contributed by atoms with Crippen LogP contribution in [0.2, 0.25) is 0 Å². The van der Waals surface area contributed by atoms with Crippen LogP contribution in [0.4, 0.5) is 0 Å². The van der Waals surface area contributed by atoms with E-state index in [0.717, 1.165) is 11.5 Å². The Labute approximate surface area is 96.5 Å². The van der Waals surface area contributed by atoms with Crippen molar-refractivity contribution in [3.05, 3.63) is 23.3 Å². The summed E-state index contributed by atoms with van der Waals surface area (Å²) in [6.45, 7) is 0.544. The zero-order valence-electron chi connectivity index (χ0n) is 9.65. The number of rotatable bonds is 3. The molecule has 3 nitrogen and oxygen atoms in total. The van der Waals surface area contributed by atoms with Gasteiger partial charge in [0, 0.05) is 24.1 Å². The molecule has 0 unspecified atom stereocenters. The average molecular weight is 217 g/mol. The van der Waals surface area contributed by atoms with Crippen LogP contribution in [0.3, 0.4) is 0 Å². The second-order valence-corrected chi connectivity index (χ2v) is 5.10. The van der Waals surface area contributed by atoms with E-state index in [1.807, 2.05) is 0 Å². The van der Waals surface area contributed by atoms with Gasteiger partial charge in [0.15, 0.2) is 0 Å². The van der Waals surface area contributed by atoms with Crippen molar-refractivity contribution < 1.29 is 0 Å². The van der Waals surface area contributed by atoms with Gasteiger partial charge in [0.05, 0.1) is 5.69 Å². The number of aromatic nitrogens is 2. The quantitative estimate of drug-likeness (QED) is 0.846. The Kier molecular flexibility index (Phi) is 2.64. The Morgan fingerprint density at radius 2 is 1.81 bits per heavy atom. The normalized spacial score (nSPS) is 21.6. The van der Waals surface area contributed by atoms with Crippen LogP contribution in [-0.4, -0.2) is 9.97 Å². The van der Waals surface area contributed by atoms with Crippen LogP contribution in [0.5, 0.6) is 0 Å². The summed E-state index contributed by atoms with van der Waals surface area (Å²) in [5, 5.41) is 0. The minimum Gasteiger partial charge on any atom is -0.325 e. The van der Waals surface area contributed by atoms with Gasteiger partial charge in [-0.1, -0.05) is 12.8 Å². The zero-order chi connectivity index (χ0) is 11.0. The van der Waals surface area contributed by atoms with E-state index in [1.54, 1.807) is 0 Å². The van der Waals surface area contributed by atoms with Gasteiger partial charge in [0.1, 0.15) is 5.82 Å². The predicted octanol–water partition coefficient (Wildman–Crippen LogP) is 2.47. The molecule has 0 spiro atoms. The molecule has 16 heavy (non-hydrogen) atoms. The molecule has 2 fully saturated rings. The fourth-order valence-corrected chi connectivity index (χ4v) is 2.60. The van der Waals surface area contributed by atoms with E-state index < -0.39 is 0 Å². The Morgan fingerprint density at radius 3 is 2.44 bits per heavy atom. The van der Waals surface area contributed by atoms with Gasteiger partial charge in [0.2, 0.25) is 0 Å². The summed E-state index contributed by atoms with van der Waals surface area (Å²) in [6, 6.07) is 2.13. The lowest BCUT2D eigenvalue weighted by atomic mass is 10.0. The summed E-state index contributed by atoms with van der Waals surface area (Å²) in [5.41, 5.74) is 8.00. The lowest BCUT2D eigenvalue weighted by Gasteiger charge is -2.11. The summed E-state index contributed by atoms with van der Waals surface area (Å²) in [4.78, 5) is 9.31. The molecule has 3 rings (SSSR count). The number of hydrogen-bond acceptors (Lipinski definition) is 3. The first-order valence-electron chi connectivity index (χ1n) is 6.44. The third kappa shape index (κ3) is 1.96. The van der Waals surface area contributed by atoms with Crippen LogP contribution < -0.4 is 5.73 Å². The van der Waals surface area contributed by atoms with Crippen LogP contribution in [-0.2, 0) is 6.54 Å². The van der Waals surface area contributed by atoms with Crippen LogP contribution in [0.15, 0.2) is 6.07 Å². The van der Waals surface area contributed by atoms with Crippen LogP contribution >= 0.6 is 0 Å². The van der Waals surface area contributed by atoms with Gasteiger partial charge in [-0.05, 0) is 31.7 Å². The van der Waals surface area contributed by atoms with Gasteiger partial charge in [-0.2, -0.15) is 0 Å². The molecule has 2 saturated carbocycles. The molecule has 2 aliphatic carbocycles. The highest BCUT2D eigenvalue weighted by atomic mass is 14.9. The fraction of sp³-hybridized carbons (Fsp3) is 0.692. The lowest BCUT2D eigenvalue weighted by Crippen LogP contribution is -2.08. The molecule has 1 heterocycles. The van der Waals surface area contributed by atoms with E-state index in [9.17, 15) is 0 Å². The minimum atomic E-state index is 0.544. The third-order valence-corrected chi connectivity index (χ3v) is 3.74. The molecule has 0 bridgehead atoms. The molecule has 1 aromatic rings. The maximum Gasteiger partial charge on any atom is 0.132 e. The van der Waals surface area contributed by atoms with E-state index in [1.165, 1.54) is 44.2 Å². The SMILES string of the molecule is NCc1cc(C2CCCC2)nc(C2CC2)n1. The van der Waals surface area contributed by atoms with Crippen molar-refractivity contribution in [2.45, 2.75) is 56.9 Å². The molecule has 0 amide bonds. The van der Waals surface area contributed by atoms with Gasteiger partial charge in [-0.15, -0.1) is 0 Å². The Balaban J connectivity index is 1.92. The van der Waals surface area contributed by atoms with Crippen molar-refractivity contribution in [2.24, 2.45) is 5.73 Å². The second-order valence-electron chi connectivity index (χ2n) is 5.10. The molecule has 0 aromatic carbocycles. The molecule has 0 aliphatic heterocycles. The van der Waals surface area contributed by atoms with Crippen LogP contribution in [0.25, 0.3) is 0 Å². The van der Waals surface area contributed by atoms with Crippen molar-refractivity contribution in [3.8, 4) is 0 Å². The first-order valence-corrected chi connectivity index (χ1v) is 6.44. The number of hydrogen-bond donors (Lipinski definition) is 1. The highest BCUT2D eigenvalue weighted by Crippen LogP contribution is 2.39. The van der Waals surface area contributed by atoms with Crippen molar-refractivity contribution >= 4 is 0 Å². The standard InChI is InChI=1S/C13H19N3/c14-8-11-7-12(9-3-1-2-4-9)16-13(15-11)10-5-6-10/h7,9-10H,1-6,8,14H2. The summed E-state index contributed by atoms with van der Waals surface area (Å²) in [7, 11) is 0. The van der Waals surface area contributed by atoms with Gasteiger partial charge >= 0.3 is 0 Å². The van der Waals surface area contributed by atoms with E-state index in [0.29, 0.717) is 18.4 Å². The summed E-state index contributed by atoms with van der Waals surface area (Å²) >= 11 is 0. The molecule has 1 aromatic heterocycles. The van der Waals surface area contributed by atoms with E-state index in [-0.39, 0.29) is 0 Å². The molecule has 0 atom stereocenters. The van der Waals surface area contributed by atoms with Crippen molar-refractivity contribution in [3.63, 3.8) is 0 Å². The Morgan fingerprint density at radius 1 is 1.06 bits per heavy atom. The topological polar surface area (TPSA) is 51.8 Å². The Hall–Kier alpha value is -0.960. The fourth-order valence-electron chi connectivity index (χ4n) is 2.60. The second kappa shape index (κ2) is 4.13. The van der Waals surface area contributed by atoms with Gasteiger partial charge in [-0.3, -0.25) is 0 Å². The highest BCUT2D eigenvalue weighted by molar-refractivity contribution is 5.19. The van der Waals surface area contributed by atoms with Crippen molar-refractivity contribution in [1.82, 2.24) is 9.97 Å². The minimum absolute atomic E-state index is 0.544. The average Bonchev–Trinajstić information content (AvgIpc) is 3.04. The Bertz CT molecular complexity index is 379. The number of nitrogens with two attached hydrogens (primary N) is 1. The molecule has 0 saturated heterocycles. The van der Waals surface area contributed by atoms with Crippen molar-refractivity contribution in [2.75, 3.05) is 0 Å². The first kappa shape index (κ1) is 10.2. The molecule has 2 N–H and O–H groups in total. The zero-order valence-corrected chi connectivity index (χ0v) is 9.65. The van der Waals surface area contributed by atoms with Gasteiger partial charge in [0.25, 0.3) is 0 Å². The van der Waals surface area contributed by atoms with Gasteiger partial charge in [-0.25, -0.2) is 9.97 Å². The lowest BCUT2D eigenvalue weighted by molar-refractivity contribution is 0.677. The monoisotopic (exact) mass is 217 g/mol. The van der Waals surface area contributed by atoms with Crippen LogP contribution in [0.1, 0.15) is 67.6 Å². The smallest absolute Gasteiger partial charge is 0.132 e. The maximum absolute atomic E-state index is 5.72. The summed E-state index contributed by atoms with van der Waals surface area (Å²) in [6.07, 6.45) is 7.82. The molecular formula is C13H19N3. The highest BCUT2D eigenvalue weighted by Gasteiger charge is 2.28. The summed E-state index contributed by atoms with van der Waals surface area (Å²) in [5.74, 6) is 2.36. The van der Waals surface area contributed by atoms with E-state index in [4.69, 9.17) is 10.7 Å². The van der Waals surface area contributed by atoms with Crippen LogP contribution in [0, 0.1) is 0 Å². The van der Waals surface area contributed by atoms with E-state index >= 15 is 0 Å². The molecule has 86 valence electrons. The van der Waals surface area contributed by atoms with Crippen molar-refractivity contribution in [1.29, 1.82) is 0 Å². The maximum atomic E-state index is 5.72. The first-order chi connectivity index (χ1) is 7.86. The molecule has 3 heteroatoms. The molecule has 2 aliphatic rings. The third-order valence-electron chi connectivity index (χ3n) is 3.74. The summed E-state index contributed by atoms with van der Waals surface area (Å²) < 4.78 is 0. The molecular weight excluding hydrogens is 198 g/mol. The number of nitrogens with zero attached hydrogens (tertiary/aromatic N) is 2. The molecule has 0 radical (unpaired) electrons. The largest absolute Gasteiger partial charge is 0.325 e. The van der Waals surface area contributed by atoms with Gasteiger partial charge < -0.3 is 5.73 Å². The predicted molar refractivity (Wildman–Crippen MR) is 63.1 cm³/mol.